The summed E-state index contributed by atoms with van der Waals surface area (Å²) >= 11 is 13.3. The van der Waals surface area contributed by atoms with E-state index in [2.05, 4.69) is 148 Å². The normalized spacial score (nSPS) is 11.8. The van der Waals surface area contributed by atoms with E-state index in [9.17, 15) is 26.3 Å². The average molecular weight is 1400 g/mol. The van der Waals surface area contributed by atoms with Gasteiger partial charge in [0.25, 0.3) is 0 Å². The molecule has 0 aliphatic carbocycles. The molecular weight excluding hydrogens is 1380 g/mol. The number of alkyl halides is 6. The second-order valence-electron chi connectivity index (χ2n) is 11.5. The quantitative estimate of drug-likeness (QED) is 0.112. The first-order valence-corrected chi connectivity index (χ1v) is 21.7. The van der Waals surface area contributed by atoms with Crippen LogP contribution in [-0.2, 0) is 6.42 Å². The molecule has 0 saturated heterocycles. The van der Waals surface area contributed by atoms with Crippen LogP contribution in [0.25, 0.3) is 44.5 Å². The van der Waals surface area contributed by atoms with E-state index >= 15 is 0 Å². The molecule has 0 unspecified atom stereocenters. The summed E-state index contributed by atoms with van der Waals surface area (Å²) in [5, 5.41) is 0. The Morgan fingerprint density at radius 2 is 0.679 bits per heavy atom. The number of hydrogen-bond acceptors (Lipinski definition) is 2. The third kappa shape index (κ3) is 10.3. The van der Waals surface area contributed by atoms with Gasteiger partial charge in [-0.25, -0.2) is 0 Å². The molecule has 0 N–H and O–H groups in total. The fourth-order valence-electron chi connectivity index (χ4n) is 5.62. The number of halogens is 12. The molecule has 6 aromatic carbocycles. The van der Waals surface area contributed by atoms with Crippen LogP contribution in [0, 0.1) is 21.4 Å². The molecule has 0 fully saturated rings. The molecule has 6 aromatic rings. The highest BCUT2D eigenvalue weighted by Gasteiger charge is 2.32. The Bertz CT molecular complexity index is 2150. The summed E-state index contributed by atoms with van der Waals surface area (Å²) in [4.78, 5) is 0. The fraction of sp³-hybridized carbons (Fsp3) is 0.0769. The van der Waals surface area contributed by atoms with Gasteiger partial charge in [0.15, 0.2) is 0 Å². The Morgan fingerprint density at radius 3 is 1.00 bits per heavy atom. The smallest absolute Gasteiger partial charge is 0.406 e. The molecule has 0 aliphatic rings. The summed E-state index contributed by atoms with van der Waals surface area (Å²) in [7, 11) is 0. The highest BCUT2D eigenvalue weighted by atomic mass is 127. The summed E-state index contributed by atoms with van der Waals surface area (Å²) in [6.07, 6.45) is -8.74. The minimum atomic E-state index is -4.74. The van der Waals surface area contributed by atoms with Gasteiger partial charge in [0.2, 0.25) is 0 Å². The summed E-state index contributed by atoms with van der Waals surface area (Å²) in [6, 6.07) is 33.7. The Balaban J connectivity index is 1.15. The van der Waals surface area contributed by atoms with Gasteiger partial charge in [0.1, 0.15) is 11.5 Å². The van der Waals surface area contributed by atoms with E-state index in [0.29, 0.717) is 7.14 Å². The Hall–Kier alpha value is -1.12. The lowest BCUT2D eigenvalue weighted by Crippen LogP contribution is -2.17. The zero-order chi connectivity index (χ0) is 38.2. The molecule has 0 bridgehead atoms. The van der Waals surface area contributed by atoms with E-state index in [1.54, 1.807) is 12.1 Å². The molecule has 14 heteroatoms. The molecule has 0 aromatic heterocycles. The molecule has 2 nitrogen and oxygen atoms in total. The second kappa shape index (κ2) is 17.2. The van der Waals surface area contributed by atoms with Crippen molar-refractivity contribution >= 4 is 136 Å². The predicted molar refractivity (Wildman–Crippen MR) is 247 cm³/mol. The fourth-order valence-corrected chi connectivity index (χ4v) is 10.3. The number of hydrogen-bond donors (Lipinski definition) is 0. The van der Waals surface area contributed by atoms with Crippen molar-refractivity contribution in [3.63, 3.8) is 0 Å². The zero-order valence-electron chi connectivity index (χ0n) is 26.5. The van der Waals surface area contributed by atoms with Gasteiger partial charge in [0, 0.05) is 21.4 Å². The van der Waals surface area contributed by atoms with Gasteiger partial charge in [-0.3, -0.25) is 0 Å². The van der Waals surface area contributed by atoms with E-state index in [0.717, 1.165) is 76.3 Å². The lowest BCUT2D eigenvalue weighted by Gasteiger charge is -2.15. The van der Waals surface area contributed by atoms with Crippen molar-refractivity contribution in [1.29, 1.82) is 0 Å². The summed E-state index contributed by atoms with van der Waals surface area (Å²) in [6.45, 7) is 0. The molecule has 6 rings (SSSR count). The maximum Gasteiger partial charge on any atom is 0.573 e. The van der Waals surface area contributed by atoms with Gasteiger partial charge in [-0.1, -0.05) is 72.8 Å². The van der Waals surface area contributed by atoms with Gasteiger partial charge in [-0.05, 0) is 234 Å². The van der Waals surface area contributed by atoms with E-state index in [1.807, 2.05) is 69.4 Å². The third-order valence-corrected chi connectivity index (χ3v) is 16.4. The van der Waals surface area contributed by atoms with Crippen LogP contribution in [0.15, 0.2) is 109 Å². The first-order chi connectivity index (χ1) is 25.0. The largest absolute Gasteiger partial charge is 0.573 e. The minimum absolute atomic E-state index is 0.247. The van der Waals surface area contributed by atoms with Crippen molar-refractivity contribution < 1.29 is 35.8 Å². The molecule has 0 spiro atoms. The van der Waals surface area contributed by atoms with E-state index in [1.165, 1.54) is 24.3 Å². The molecule has 272 valence electrons. The van der Waals surface area contributed by atoms with Crippen LogP contribution < -0.4 is 9.47 Å². The molecule has 0 amide bonds. The van der Waals surface area contributed by atoms with Crippen LogP contribution in [0.1, 0.15) is 11.1 Å². The summed E-state index contributed by atoms with van der Waals surface area (Å²) in [5.74, 6) is -0.494. The first-order valence-electron chi connectivity index (χ1n) is 15.2. The molecule has 0 radical (unpaired) electrons. The van der Waals surface area contributed by atoms with Gasteiger partial charge >= 0.3 is 12.7 Å². The molecule has 0 heterocycles. The van der Waals surface area contributed by atoms with E-state index in [4.69, 9.17) is 0 Å². The Labute approximate surface area is 383 Å². The van der Waals surface area contributed by atoms with E-state index < -0.39 is 12.7 Å². The highest BCUT2D eigenvalue weighted by molar-refractivity contribution is 14.1. The predicted octanol–water partition coefficient (Wildman–Crippen LogP) is 15.4. The third-order valence-electron chi connectivity index (χ3n) is 8.03. The maximum atomic E-state index is 12.7. The van der Waals surface area contributed by atoms with Crippen molar-refractivity contribution in [1.82, 2.24) is 0 Å². The molecule has 0 atom stereocenters. The van der Waals surface area contributed by atoms with Crippen LogP contribution in [-0.4, -0.2) is 12.7 Å². The topological polar surface area (TPSA) is 18.5 Å². The average Bonchev–Trinajstić information content (AvgIpc) is 3.07. The monoisotopic (exact) mass is 1400 g/mol. The van der Waals surface area contributed by atoms with E-state index in [-0.39, 0.29) is 11.5 Å². The van der Waals surface area contributed by atoms with Crippen LogP contribution in [0.5, 0.6) is 11.5 Å². The van der Waals surface area contributed by atoms with Crippen LogP contribution >= 0.6 is 136 Å². The van der Waals surface area contributed by atoms with Gasteiger partial charge < -0.3 is 9.47 Å². The Morgan fingerprint density at radius 1 is 0.377 bits per heavy atom. The lowest BCUT2D eigenvalue weighted by molar-refractivity contribution is -0.275. The van der Waals surface area contributed by atoms with Crippen molar-refractivity contribution in [3.05, 3.63) is 142 Å². The van der Waals surface area contributed by atoms with Crippen molar-refractivity contribution in [2.45, 2.75) is 19.1 Å². The maximum absolute atomic E-state index is 12.7. The van der Waals surface area contributed by atoms with Crippen molar-refractivity contribution in [2.75, 3.05) is 0 Å². The minimum Gasteiger partial charge on any atom is -0.406 e. The molecular formula is C39H20F6I6O2. The summed E-state index contributed by atoms with van der Waals surface area (Å²) < 4.78 is 89.8. The van der Waals surface area contributed by atoms with Gasteiger partial charge in [0.05, 0.1) is 0 Å². The molecule has 0 saturated carbocycles. The number of ether oxygens (including phenoxy) is 2. The summed E-state index contributed by atoms with van der Waals surface area (Å²) in [5.41, 5.74) is 10.1. The van der Waals surface area contributed by atoms with Gasteiger partial charge in [-0.15, -0.1) is 26.3 Å². The van der Waals surface area contributed by atoms with Crippen LogP contribution in [0.3, 0.4) is 0 Å². The lowest BCUT2D eigenvalue weighted by atomic mass is 9.96. The highest BCUT2D eigenvalue weighted by Crippen LogP contribution is 2.40. The Kier molecular flexibility index (Phi) is 13.4. The SMILES string of the molecule is FC(F)(F)Oc1ccc(-c2ccc(-c3ccc(Cc4ccc(-c5ccc(-c6ccc(OC(F)(F)F)cc6I)c(I)c5I)cc4)cc3)c(I)c2I)c(I)c1. The van der Waals surface area contributed by atoms with Crippen molar-refractivity contribution in [3.8, 4) is 56.0 Å². The molecule has 0 aliphatic heterocycles. The number of rotatable bonds is 8. The van der Waals surface area contributed by atoms with Crippen LogP contribution in [0.2, 0.25) is 0 Å². The van der Waals surface area contributed by atoms with Crippen molar-refractivity contribution in [2.24, 2.45) is 0 Å². The zero-order valence-corrected chi connectivity index (χ0v) is 39.4. The van der Waals surface area contributed by atoms with Crippen LogP contribution in [0.4, 0.5) is 26.3 Å². The molecule has 53 heavy (non-hydrogen) atoms. The standard InChI is InChI=1S/C39H20F6I6O2/c40-38(41,42)52-24-9-11-28(32(46)18-24)30-15-13-26(34(48)36(30)50)22-5-1-20(2-6-22)17-21-3-7-23(8-4-21)27-14-16-31(37(51)35(27)49)29-12-10-25(19-33(29)47)53-39(43,44)45/h1-16,18-19H,17H2. The van der Waals surface area contributed by atoms with Gasteiger partial charge in [-0.2, -0.15) is 0 Å². The first kappa shape index (κ1) is 41.5. The second-order valence-corrected chi connectivity index (χ2v) is 18.2. The number of benzene rings is 6.